The van der Waals surface area contributed by atoms with E-state index < -0.39 is 18.0 Å². The number of halogens is 1. The van der Waals surface area contributed by atoms with Gasteiger partial charge >= 0.3 is 5.97 Å². The molecule has 6 heteroatoms. The average Bonchev–Trinajstić information content (AvgIpc) is 2.61. The molecule has 2 aromatic carbocycles. The summed E-state index contributed by atoms with van der Waals surface area (Å²) in [6.07, 6.45) is -0.958. The third-order valence-electron chi connectivity index (χ3n) is 3.68. The van der Waals surface area contributed by atoms with Gasteiger partial charge in [0.1, 0.15) is 11.6 Å². The first-order valence-corrected chi connectivity index (χ1v) is 7.78. The van der Waals surface area contributed by atoms with Crippen LogP contribution >= 0.6 is 0 Å². The number of ether oxygens (including phenoxy) is 2. The van der Waals surface area contributed by atoms with Crippen LogP contribution in [0.15, 0.2) is 42.5 Å². The second-order valence-electron chi connectivity index (χ2n) is 5.58. The molecule has 0 radical (unpaired) electrons. The topological polar surface area (TPSA) is 64.6 Å². The molecule has 0 aliphatic heterocycles. The minimum Gasteiger partial charge on any atom is -0.496 e. The van der Waals surface area contributed by atoms with E-state index in [2.05, 4.69) is 5.32 Å². The van der Waals surface area contributed by atoms with Crippen LogP contribution < -0.4 is 10.1 Å². The minimum absolute atomic E-state index is 0.222. The van der Waals surface area contributed by atoms with E-state index in [1.165, 1.54) is 26.2 Å². The Morgan fingerprint density at radius 2 is 1.84 bits per heavy atom. The summed E-state index contributed by atoms with van der Waals surface area (Å²) >= 11 is 0. The molecule has 0 saturated heterocycles. The van der Waals surface area contributed by atoms with Gasteiger partial charge in [-0.05, 0) is 49.2 Å². The Morgan fingerprint density at radius 1 is 1.16 bits per heavy atom. The Kier molecular flexibility index (Phi) is 6.11. The first-order chi connectivity index (χ1) is 11.9. The summed E-state index contributed by atoms with van der Waals surface area (Å²) in [5.41, 5.74) is 1.95. The maximum absolute atomic E-state index is 12.8. The summed E-state index contributed by atoms with van der Waals surface area (Å²) in [6, 6.07) is 10.7. The number of hydrogen-bond acceptors (Lipinski definition) is 4. The van der Waals surface area contributed by atoms with E-state index in [-0.39, 0.29) is 12.4 Å². The average molecular weight is 345 g/mol. The van der Waals surface area contributed by atoms with Gasteiger partial charge in [-0.25, -0.2) is 9.18 Å². The van der Waals surface area contributed by atoms with Crippen molar-refractivity contribution in [1.82, 2.24) is 5.32 Å². The first-order valence-electron chi connectivity index (χ1n) is 7.78. The number of methoxy groups -OCH3 is 1. The smallest absolute Gasteiger partial charge is 0.339 e. The molecule has 2 aromatic rings. The van der Waals surface area contributed by atoms with E-state index >= 15 is 0 Å². The lowest BCUT2D eigenvalue weighted by Crippen LogP contribution is -2.35. The Labute approximate surface area is 145 Å². The third-order valence-corrected chi connectivity index (χ3v) is 3.68. The molecule has 0 heterocycles. The monoisotopic (exact) mass is 345 g/mol. The largest absolute Gasteiger partial charge is 0.496 e. The molecule has 0 aliphatic carbocycles. The highest BCUT2D eigenvalue weighted by Gasteiger charge is 2.19. The number of rotatable bonds is 6. The highest BCUT2D eigenvalue weighted by Crippen LogP contribution is 2.19. The number of hydrogen-bond donors (Lipinski definition) is 1. The highest BCUT2D eigenvalue weighted by molar-refractivity contribution is 5.92. The predicted octanol–water partition coefficient (Wildman–Crippen LogP) is 3.00. The summed E-state index contributed by atoms with van der Waals surface area (Å²) in [7, 11) is 1.52. The molecule has 0 aromatic heterocycles. The summed E-state index contributed by atoms with van der Waals surface area (Å²) in [6.45, 7) is 3.57. The minimum atomic E-state index is -0.958. The lowest BCUT2D eigenvalue weighted by Gasteiger charge is -2.14. The van der Waals surface area contributed by atoms with Crippen molar-refractivity contribution in [2.24, 2.45) is 0 Å². The van der Waals surface area contributed by atoms with Crippen molar-refractivity contribution in [2.45, 2.75) is 26.5 Å². The van der Waals surface area contributed by atoms with Gasteiger partial charge in [-0.1, -0.05) is 18.2 Å². The summed E-state index contributed by atoms with van der Waals surface area (Å²) in [5, 5.41) is 2.64. The number of nitrogens with one attached hydrogen (secondary N) is 1. The van der Waals surface area contributed by atoms with Crippen molar-refractivity contribution < 1.29 is 23.5 Å². The molecular formula is C19H20FNO4. The van der Waals surface area contributed by atoms with E-state index in [4.69, 9.17) is 9.47 Å². The van der Waals surface area contributed by atoms with E-state index in [0.717, 1.165) is 11.1 Å². The van der Waals surface area contributed by atoms with Crippen molar-refractivity contribution in [3.05, 3.63) is 65.0 Å². The molecule has 1 amide bonds. The van der Waals surface area contributed by atoms with E-state index in [1.54, 1.807) is 30.3 Å². The molecule has 132 valence electrons. The van der Waals surface area contributed by atoms with Crippen molar-refractivity contribution >= 4 is 11.9 Å². The van der Waals surface area contributed by atoms with Crippen LogP contribution in [0.5, 0.6) is 5.75 Å². The second-order valence-corrected chi connectivity index (χ2v) is 5.58. The Balaban J connectivity index is 1.91. The standard InChI is InChI=1S/C19H20FNO4/c1-12-4-7-15(10-17(12)24-3)19(23)25-13(2)18(22)21-11-14-5-8-16(20)9-6-14/h4-10,13H,11H2,1-3H3,(H,21,22)/t13-/m1/s1. The van der Waals surface area contributed by atoms with Gasteiger partial charge in [0.15, 0.2) is 6.10 Å². The molecular weight excluding hydrogens is 325 g/mol. The third kappa shape index (κ3) is 5.04. The number of amides is 1. The zero-order chi connectivity index (χ0) is 18.4. The fraction of sp³-hybridized carbons (Fsp3) is 0.263. The van der Waals surface area contributed by atoms with Gasteiger partial charge in [-0.2, -0.15) is 0 Å². The van der Waals surface area contributed by atoms with Gasteiger partial charge in [-0.3, -0.25) is 4.79 Å². The fourth-order valence-electron chi connectivity index (χ4n) is 2.16. The van der Waals surface area contributed by atoms with E-state index in [0.29, 0.717) is 11.3 Å². The second kappa shape index (κ2) is 8.28. The van der Waals surface area contributed by atoms with Crippen LogP contribution in [0.25, 0.3) is 0 Å². The molecule has 25 heavy (non-hydrogen) atoms. The van der Waals surface area contributed by atoms with E-state index in [9.17, 15) is 14.0 Å². The Hall–Kier alpha value is -2.89. The number of esters is 1. The van der Waals surface area contributed by atoms with Crippen LogP contribution in [0.1, 0.15) is 28.4 Å². The van der Waals surface area contributed by atoms with Crippen molar-refractivity contribution in [3.63, 3.8) is 0 Å². The number of carbonyl (C=O) groups is 2. The van der Waals surface area contributed by atoms with Crippen molar-refractivity contribution in [1.29, 1.82) is 0 Å². The fourth-order valence-corrected chi connectivity index (χ4v) is 2.16. The molecule has 0 saturated carbocycles. The molecule has 1 N–H and O–H groups in total. The normalized spacial score (nSPS) is 11.5. The zero-order valence-corrected chi connectivity index (χ0v) is 14.3. The maximum atomic E-state index is 12.8. The molecule has 0 fully saturated rings. The lowest BCUT2D eigenvalue weighted by molar-refractivity contribution is -0.129. The quantitative estimate of drug-likeness (QED) is 0.818. The van der Waals surface area contributed by atoms with Crippen LogP contribution in [-0.4, -0.2) is 25.1 Å². The zero-order valence-electron chi connectivity index (χ0n) is 14.3. The SMILES string of the molecule is COc1cc(C(=O)O[C@H](C)C(=O)NCc2ccc(F)cc2)ccc1C. The highest BCUT2D eigenvalue weighted by atomic mass is 19.1. The number of carbonyl (C=O) groups excluding carboxylic acids is 2. The van der Waals surface area contributed by atoms with Crippen LogP contribution in [0.4, 0.5) is 4.39 Å². The molecule has 0 bridgehead atoms. The van der Waals surface area contributed by atoms with Gasteiger partial charge in [-0.15, -0.1) is 0 Å². The summed E-state index contributed by atoms with van der Waals surface area (Å²) in [5.74, 6) is -0.812. The van der Waals surface area contributed by atoms with Crippen molar-refractivity contribution in [2.75, 3.05) is 7.11 Å². The Bertz CT molecular complexity index is 759. The van der Waals surface area contributed by atoms with Crippen LogP contribution in [0.2, 0.25) is 0 Å². The number of aryl methyl sites for hydroxylation is 1. The molecule has 5 nitrogen and oxygen atoms in total. The molecule has 1 atom stereocenters. The van der Waals surface area contributed by atoms with Crippen LogP contribution in [0, 0.1) is 12.7 Å². The molecule has 0 aliphatic rings. The Morgan fingerprint density at radius 3 is 2.48 bits per heavy atom. The van der Waals surface area contributed by atoms with Crippen molar-refractivity contribution in [3.8, 4) is 5.75 Å². The van der Waals surface area contributed by atoms with Crippen LogP contribution in [0.3, 0.4) is 0 Å². The molecule has 2 rings (SSSR count). The summed E-state index contributed by atoms with van der Waals surface area (Å²) < 4.78 is 23.2. The van der Waals surface area contributed by atoms with Gasteiger partial charge in [0.2, 0.25) is 0 Å². The van der Waals surface area contributed by atoms with Gasteiger partial charge in [0.05, 0.1) is 12.7 Å². The molecule has 0 unspecified atom stereocenters. The lowest BCUT2D eigenvalue weighted by atomic mass is 10.1. The summed E-state index contributed by atoms with van der Waals surface area (Å²) in [4.78, 5) is 24.2. The van der Waals surface area contributed by atoms with Crippen LogP contribution in [-0.2, 0) is 16.1 Å². The van der Waals surface area contributed by atoms with Gasteiger partial charge < -0.3 is 14.8 Å². The van der Waals surface area contributed by atoms with E-state index in [1.807, 2.05) is 6.92 Å². The van der Waals surface area contributed by atoms with Gasteiger partial charge in [0, 0.05) is 6.54 Å². The number of benzene rings is 2. The predicted molar refractivity (Wildman–Crippen MR) is 90.9 cm³/mol. The maximum Gasteiger partial charge on any atom is 0.339 e. The molecule has 0 spiro atoms. The first kappa shape index (κ1) is 18.4. The van der Waals surface area contributed by atoms with Gasteiger partial charge in [0.25, 0.3) is 5.91 Å².